The fourth-order valence-corrected chi connectivity index (χ4v) is 3.22. The molecule has 1 heterocycles. The summed E-state index contributed by atoms with van der Waals surface area (Å²) in [5.41, 5.74) is 1.13. The third kappa shape index (κ3) is 5.73. The summed E-state index contributed by atoms with van der Waals surface area (Å²) in [6.07, 6.45) is 3.88. The van der Waals surface area contributed by atoms with Crippen LogP contribution >= 0.6 is 35.3 Å². The summed E-state index contributed by atoms with van der Waals surface area (Å²) in [6.45, 7) is 10.1. The van der Waals surface area contributed by atoms with Gasteiger partial charge in [0.2, 0.25) is 0 Å². The number of halogens is 1. The SMILES string of the molecule is CCCC1CC1NC(=NCc1nc(C)c(C)s1)NCC.I. The summed E-state index contributed by atoms with van der Waals surface area (Å²) in [4.78, 5) is 10.5. The van der Waals surface area contributed by atoms with Crippen molar-refractivity contribution < 1.29 is 0 Å². The number of aryl methyl sites for hydroxylation is 2. The molecule has 0 saturated heterocycles. The Balaban J connectivity index is 0.00000220. The topological polar surface area (TPSA) is 49.3 Å². The molecule has 0 amide bonds. The molecule has 0 aromatic carbocycles. The Morgan fingerprint density at radius 2 is 2.14 bits per heavy atom. The van der Waals surface area contributed by atoms with Crippen molar-refractivity contribution in [3.8, 4) is 0 Å². The molecule has 0 aliphatic heterocycles. The monoisotopic (exact) mass is 422 g/mol. The van der Waals surface area contributed by atoms with Gasteiger partial charge < -0.3 is 10.6 Å². The second kappa shape index (κ2) is 8.92. The van der Waals surface area contributed by atoms with E-state index in [0.717, 1.165) is 29.1 Å². The van der Waals surface area contributed by atoms with Gasteiger partial charge in [-0.25, -0.2) is 9.98 Å². The molecule has 0 spiro atoms. The first-order valence-electron chi connectivity index (χ1n) is 7.61. The highest BCUT2D eigenvalue weighted by atomic mass is 127. The van der Waals surface area contributed by atoms with Crippen molar-refractivity contribution in [2.75, 3.05) is 6.54 Å². The van der Waals surface area contributed by atoms with Gasteiger partial charge in [0, 0.05) is 17.5 Å². The van der Waals surface area contributed by atoms with Crippen LogP contribution in [0.15, 0.2) is 4.99 Å². The van der Waals surface area contributed by atoms with Gasteiger partial charge in [-0.05, 0) is 39.5 Å². The van der Waals surface area contributed by atoms with Crippen LogP contribution in [0.2, 0.25) is 0 Å². The second-order valence-electron chi connectivity index (χ2n) is 5.48. The Hall–Kier alpha value is -0.370. The number of rotatable bonds is 6. The number of guanidine groups is 1. The summed E-state index contributed by atoms with van der Waals surface area (Å²) in [7, 11) is 0. The van der Waals surface area contributed by atoms with Crippen LogP contribution < -0.4 is 10.6 Å². The van der Waals surface area contributed by atoms with Crippen LogP contribution in [-0.4, -0.2) is 23.5 Å². The summed E-state index contributed by atoms with van der Waals surface area (Å²) in [5, 5.41) is 7.95. The zero-order valence-electron chi connectivity index (χ0n) is 13.4. The number of aromatic nitrogens is 1. The van der Waals surface area contributed by atoms with E-state index >= 15 is 0 Å². The molecule has 1 aromatic heterocycles. The normalized spacial score (nSPS) is 20.9. The molecule has 1 aliphatic rings. The Kier molecular flexibility index (Phi) is 7.94. The number of nitrogens with one attached hydrogen (secondary N) is 2. The van der Waals surface area contributed by atoms with Crippen LogP contribution in [0.25, 0.3) is 0 Å². The highest BCUT2D eigenvalue weighted by Gasteiger charge is 2.36. The predicted molar refractivity (Wildman–Crippen MR) is 102 cm³/mol. The van der Waals surface area contributed by atoms with E-state index in [1.807, 2.05) is 0 Å². The quantitative estimate of drug-likeness (QED) is 0.418. The highest BCUT2D eigenvalue weighted by Crippen LogP contribution is 2.34. The minimum atomic E-state index is 0. The lowest BCUT2D eigenvalue weighted by atomic mass is 10.2. The van der Waals surface area contributed by atoms with Gasteiger partial charge in [-0.15, -0.1) is 35.3 Å². The number of hydrogen-bond donors (Lipinski definition) is 2. The molecular formula is C15H27IN4S. The largest absolute Gasteiger partial charge is 0.357 e. The van der Waals surface area contributed by atoms with E-state index in [1.54, 1.807) is 11.3 Å². The van der Waals surface area contributed by atoms with Crippen molar-refractivity contribution in [2.45, 2.75) is 59.5 Å². The first kappa shape index (κ1) is 18.7. The van der Waals surface area contributed by atoms with Gasteiger partial charge in [-0.2, -0.15) is 0 Å². The summed E-state index contributed by atoms with van der Waals surface area (Å²) in [5.74, 6) is 1.77. The molecule has 1 aromatic rings. The van der Waals surface area contributed by atoms with Crippen LogP contribution in [0.5, 0.6) is 0 Å². The molecule has 120 valence electrons. The summed E-state index contributed by atoms with van der Waals surface area (Å²) in [6, 6.07) is 0.618. The maximum absolute atomic E-state index is 4.66. The zero-order valence-corrected chi connectivity index (χ0v) is 16.5. The van der Waals surface area contributed by atoms with Crippen molar-refractivity contribution in [3.05, 3.63) is 15.6 Å². The van der Waals surface area contributed by atoms with Crippen molar-refractivity contribution in [2.24, 2.45) is 10.9 Å². The van der Waals surface area contributed by atoms with E-state index in [-0.39, 0.29) is 24.0 Å². The van der Waals surface area contributed by atoms with Gasteiger partial charge in [-0.1, -0.05) is 13.3 Å². The minimum Gasteiger partial charge on any atom is -0.357 e. The summed E-state index contributed by atoms with van der Waals surface area (Å²) >= 11 is 1.74. The van der Waals surface area contributed by atoms with Crippen molar-refractivity contribution in [3.63, 3.8) is 0 Å². The van der Waals surface area contributed by atoms with Crippen LogP contribution in [0.3, 0.4) is 0 Å². The lowest BCUT2D eigenvalue weighted by molar-refractivity contribution is 0.655. The fraction of sp³-hybridized carbons (Fsp3) is 0.733. The average Bonchev–Trinajstić information content (AvgIpc) is 3.05. The molecule has 2 atom stereocenters. The van der Waals surface area contributed by atoms with Gasteiger partial charge in [0.25, 0.3) is 0 Å². The number of hydrogen-bond acceptors (Lipinski definition) is 3. The van der Waals surface area contributed by atoms with Gasteiger partial charge in [0.05, 0.1) is 12.2 Å². The molecular weight excluding hydrogens is 395 g/mol. The highest BCUT2D eigenvalue weighted by molar-refractivity contribution is 14.0. The molecule has 0 bridgehead atoms. The number of aliphatic imine (C=N–C) groups is 1. The third-order valence-electron chi connectivity index (χ3n) is 3.69. The molecule has 1 saturated carbocycles. The van der Waals surface area contributed by atoms with Crippen molar-refractivity contribution >= 4 is 41.3 Å². The van der Waals surface area contributed by atoms with E-state index in [2.05, 4.69) is 48.3 Å². The lowest BCUT2D eigenvalue weighted by Gasteiger charge is -2.10. The number of nitrogens with zero attached hydrogens (tertiary/aromatic N) is 2. The Morgan fingerprint density at radius 1 is 1.38 bits per heavy atom. The van der Waals surface area contributed by atoms with Crippen LogP contribution in [0.4, 0.5) is 0 Å². The fourth-order valence-electron chi connectivity index (χ4n) is 2.36. The van der Waals surface area contributed by atoms with E-state index in [9.17, 15) is 0 Å². The van der Waals surface area contributed by atoms with E-state index in [1.165, 1.54) is 24.1 Å². The average molecular weight is 422 g/mol. The standard InChI is InChI=1S/C15H26N4S.HI/c1-5-7-12-8-13(12)19-15(16-6-2)17-9-14-18-10(3)11(4)20-14;/h12-13H,5-9H2,1-4H3,(H2,16,17,19);1H. The molecule has 21 heavy (non-hydrogen) atoms. The number of thiazole rings is 1. The molecule has 2 unspecified atom stereocenters. The molecule has 2 rings (SSSR count). The lowest BCUT2D eigenvalue weighted by Crippen LogP contribution is -2.39. The minimum absolute atomic E-state index is 0. The van der Waals surface area contributed by atoms with E-state index in [4.69, 9.17) is 0 Å². The van der Waals surface area contributed by atoms with E-state index in [0.29, 0.717) is 12.6 Å². The van der Waals surface area contributed by atoms with Crippen molar-refractivity contribution in [1.29, 1.82) is 0 Å². The molecule has 4 nitrogen and oxygen atoms in total. The van der Waals surface area contributed by atoms with Crippen LogP contribution in [0.1, 0.15) is 48.7 Å². The van der Waals surface area contributed by atoms with Gasteiger partial charge in [0.1, 0.15) is 5.01 Å². The Bertz CT molecular complexity index is 453. The first-order valence-corrected chi connectivity index (χ1v) is 8.43. The summed E-state index contributed by atoms with van der Waals surface area (Å²) < 4.78 is 0. The molecule has 1 aliphatic carbocycles. The van der Waals surface area contributed by atoms with Crippen LogP contribution in [-0.2, 0) is 6.54 Å². The molecule has 0 radical (unpaired) electrons. The van der Waals surface area contributed by atoms with Gasteiger partial charge in [-0.3, -0.25) is 0 Å². The zero-order chi connectivity index (χ0) is 14.5. The van der Waals surface area contributed by atoms with Gasteiger partial charge in [0.15, 0.2) is 5.96 Å². The molecule has 2 N–H and O–H groups in total. The van der Waals surface area contributed by atoms with E-state index < -0.39 is 0 Å². The van der Waals surface area contributed by atoms with Crippen molar-refractivity contribution in [1.82, 2.24) is 15.6 Å². The third-order valence-corrected chi connectivity index (χ3v) is 4.75. The maximum Gasteiger partial charge on any atom is 0.191 e. The van der Waals surface area contributed by atoms with Gasteiger partial charge >= 0.3 is 0 Å². The first-order chi connectivity index (χ1) is 9.63. The Labute approximate surface area is 149 Å². The van der Waals surface area contributed by atoms with Crippen LogP contribution in [0, 0.1) is 19.8 Å². The maximum atomic E-state index is 4.66. The molecule has 6 heteroatoms. The smallest absolute Gasteiger partial charge is 0.191 e. The molecule has 1 fully saturated rings. The Morgan fingerprint density at radius 3 is 2.71 bits per heavy atom. The second-order valence-corrected chi connectivity index (χ2v) is 6.77. The predicted octanol–water partition coefficient (Wildman–Crippen LogP) is 3.62.